The average molecular weight is 311 g/mol. The molecule has 1 aromatic heterocycles. The average Bonchev–Trinajstić information content (AvgIpc) is 2.73. The lowest BCUT2D eigenvalue weighted by Crippen LogP contribution is -2.23. The molecule has 0 radical (unpaired) electrons. The molecule has 0 aliphatic rings. The van der Waals surface area contributed by atoms with Crippen molar-refractivity contribution in [3.63, 3.8) is 0 Å². The Bertz CT molecular complexity index is 657. The van der Waals surface area contributed by atoms with Crippen LogP contribution < -0.4 is 0 Å². The first-order valence-electron chi connectivity index (χ1n) is 6.55. The van der Waals surface area contributed by atoms with Crippen LogP contribution in [0.4, 0.5) is 4.39 Å². The number of imidazole rings is 1. The molecule has 114 valence electrons. The number of nitrogens with zero attached hydrogens (tertiary/aromatic N) is 3. The van der Waals surface area contributed by atoms with Gasteiger partial charge in [0.1, 0.15) is 5.82 Å². The maximum absolute atomic E-state index is 13.5. The van der Waals surface area contributed by atoms with Crippen molar-refractivity contribution in [2.45, 2.75) is 18.1 Å². The third kappa shape index (κ3) is 3.74. The SMILES string of the molecule is CC(CN(C)C)n1c(SCC(=O)O)nc2ccc(F)cc21. The van der Waals surface area contributed by atoms with E-state index in [0.29, 0.717) is 16.2 Å². The number of hydrogen-bond donors (Lipinski definition) is 1. The van der Waals surface area contributed by atoms with E-state index in [-0.39, 0.29) is 17.6 Å². The maximum Gasteiger partial charge on any atom is 0.313 e. The summed E-state index contributed by atoms with van der Waals surface area (Å²) in [5.41, 5.74) is 1.37. The third-order valence-corrected chi connectivity index (χ3v) is 3.95. The van der Waals surface area contributed by atoms with Gasteiger partial charge >= 0.3 is 5.97 Å². The molecule has 7 heteroatoms. The number of carboxylic acids is 1. The minimum absolute atomic E-state index is 0.0584. The van der Waals surface area contributed by atoms with Crippen molar-refractivity contribution in [3.05, 3.63) is 24.0 Å². The van der Waals surface area contributed by atoms with Crippen LogP contribution in [-0.4, -0.2) is 51.9 Å². The number of aliphatic carboxylic acids is 1. The van der Waals surface area contributed by atoms with E-state index in [1.54, 1.807) is 6.07 Å². The zero-order valence-corrected chi connectivity index (χ0v) is 13.0. The molecule has 1 unspecified atom stereocenters. The quantitative estimate of drug-likeness (QED) is 0.831. The van der Waals surface area contributed by atoms with Gasteiger partial charge < -0.3 is 14.6 Å². The van der Waals surface area contributed by atoms with Crippen LogP contribution in [0.2, 0.25) is 0 Å². The van der Waals surface area contributed by atoms with E-state index in [2.05, 4.69) is 4.98 Å². The molecule has 0 aliphatic carbocycles. The summed E-state index contributed by atoms with van der Waals surface area (Å²) in [5.74, 6) is -1.29. The molecule has 0 fully saturated rings. The number of thioether (sulfide) groups is 1. The second-order valence-corrected chi connectivity index (χ2v) is 6.13. The highest BCUT2D eigenvalue weighted by Gasteiger charge is 2.18. The number of carbonyl (C=O) groups is 1. The Kier molecular flexibility index (Phi) is 4.84. The molecule has 0 spiro atoms. The number of benzene rings is 1. The molecular weight excluding hydrogens is 293 g/mol. The second-order valence-electron chi connectivity index (χ2n) is 5.19. The highest BCUT2D eigenvalue weighted by Crippen LogP contribution is 2.28. The van der Waals surface area contributed by atoms with E-state index in [0.717, 1.165) is 18.3 Å². The highest BCUT2D eigenvalue weighted by molar-refractivity contribution is 7.99. The number of fused-ring (bicyclic) bond motifs is 1. The van der Waals surface area contributed by atoms with Crippen LogP contribution in [0.15, 0.2) is 23.4 Å². The molecule has 0 bridgehead atoms. The minimum atomic E-state index is -0.898. The summed E-state index contributed by atoms with van der Waals surface area (Å²) in [6.07, 6.45) is 0. The molecule has 5 nitrogen and oxygen atoms in total. The van der Waals surface area contributed by atoms with Crippen LogP contribution in [0.25, 0.3) is 11.0 Å². The van der Waals surface area contributed by atoms with Crippen LogP contribution >= 0.6 is 11.8 Å². The van der Waals surface area contributed by atoms with Crippen molar-refractivity contribution < 1.29 is 14.3 Å². The van der Waals surface area contributed by atoms with E-state index >= 15 is 0 Å². The monoisotopic (exact) mass is 311 g/mol. The second kappa shape index (κ2) is 6.44. The van der Waals surface area contributed by atoms with Gasteiger partial charge in [-0.2, -0.15) is 0 Å². The number of likely N-dealkylation sites (N-methyl/N-ethyl adjacent to an activating group) is 1. The van der Waals surface area contributed by atoms with Crippen molar-refractivity contribution in [1.82, 2.24) is 14.5 Å². The fraction of sp³-hybridized carbons (Fsp3) is 0.429. The Morgan fingerprint density at radius 3 is 2.86 bits per heavy atom. The van der Waals surface area contributed by atoms with Crippen LogP contribution in [-0.2, 0) is 4.79 Å². The number of hydrogen-bond acceptors (Lipinski definition) is 4. The van der Waals surface area contributed by atoms with Crippen molar-refractivity contribution in [2.75, 3.05) is 26.4 Å². The summed E-state index contributed by atoms with van der Waals surface area (Å²) in [4.78, 5) is 17.2. The minimum Gasteiger partial charge on any atom is -0.481 e. The predicted molar refractivity (Wildman–Crippen MR) is 81.3 cm³/mol. The van der Waals surface area contributed by atoms with Gasteiger partial charge in [-0.3, -0.25) is 4.79 Å². The van der Waals surface area contributed by atoms with Gasteiger partial charge in [-0.15, -0.1) is 0 Å². The van der Waals surface area contributed by atoms with Gasteiger partial charge in [-0.05, 0) is 39.2 Å². The van der Waals surface area contributed by atoms with E-state index in [1.807, 2.05) is 30.5 Å². The van der Waals surface area contributed by atoms with E-state index in [4.69, 9.17) is 5.11 Å². The zero-order valence-electron chi connectivity index (χ0n) is 12.2. The van der Waals surface area contributed by atoms with E-state index in [9.17, 15) is 9.18 Å². The fourth-order valence-corrected chi connectivity index (χ4v) is 3.14. The molecule has 0 saturated heterocycles. The topological polar surface area (TPSA) is 58.4 Å². The summed E-state index contributed by atoms with van der Waals surface area (Å²) in [7, 11) is 3.92. The number of aromatic nitrogens is 2. The Hall–Kier alpha value is -1.60. The van der Waals surface area contributed by atoms with Gasteiger partial charge in [-0.25, -0.2) is 9.37 Å². The fourth-order valence-electron chi connectivity index (χ4n) is 2.31. The van der Waals surface area contributed by atoms with Gasteiger partial charge in [0.25, 0.3) is 0 Å². The number of halogens is 1. The normalized spacial score (nSPS) is 13.0. The van der Waals surface area contributed by atoms with E-state index in [1.165, 1.54) is 12.1 Å². The van der Waals surface area contributed by atoms with E-state index < -0.39 is 5.97 Å². The largest absolute Gasteiger partial charge is 0.481 e. The predicted octanol–water partition coefficient (Wildman–Crippen LogP) is 2.47. The first kappa shape index (κ1) is 15.8. The Morgan fingerprint density at radius 2 is 2.24 bits per heavy atom. The molecular formula is C14H18FN3O2S. The molecule has 0 amide bonds. The smallest absolute Gasteiger partial charge is 0.313 e. The van der Waals surface area contributed by atoms with Crippen molar-refractivity contribution in [1.29, 1.82) is 0 Å². The van der Waals surface area contributed by atoms with Gasteiger partial charge in [-0.1, -0.05) is 11.8 Å². The lowest BCUT2D eigenvalue weighted by Gasteiger charge is -2.21. The van der Waals surface area contributed by atoms with Gasteiger partial charge in [0.15, 0.2) is 5.16 Å². The Morgan fingerprint density at radius 1 is 1.52 bits per heavy atom. The van der Waals surface area contributed by atoms with Gasteiger partial charge in [0.05, 0.1) is 16.8 Å². The van der Waals surface area contributed by atoms with Crippen molar-refractivity contribution >= 4 is 28.8 Å². The highest BCUT2D eigenvalue weighted by atomic mass is 32.2. The molecule has 0 saturated carbocycles. The molecule has 2 aromatic rings. The molecule has 1 aromatic carbocycles. The van der Waals surface area contributed by atoms with Gasteiger partial charge in [0, 0.05) is 12.6 Å². The molecule has 1 atom stereocenters. The van der Waals surface area contributed by atoms with Crippen LogP contribution in [0.5, 0.6) is 0 Å². The molecule has 1 heterocycles. The summed E-state index contributed by atoms with van der Waals surface area (Å²) < 4.78 is 15.4. The van der Waals surface area contributed by atoms with Crippen LogP contribution in [0, 0.1) is 5.82 Å². The molecule has 0 aliphatic heterocycles. The Balaban J connectivity index is 2.47. The molecule has 21 heavy (non-hydrogen) atoms. The molecule has 1 N–H and O–H groups in total. The number of rotatable bonds is 6. The zero-order chi connectivity index (χ0) is 15.6. The molecule has 2 rings (SSSR count). The third-order valence-electron chi connectivity index (χ3n) is 3.01. The lowest BCUT2D eigenvalue weighted by atomic mass is 10.2. The Labute approximate surface area is 126 Å². The summed E-state index contributed by atoms with van der Waals surface area (Å²) in [6.45, 7) is 2.76. The summed E-state index contributed by atoms with van der Waals surface area (Å²) in [6, 6.07) is 4.48. The summed E-state index contributed by atoms with van der Waals surface area (Å²) in [5, 5.41) is 9.45. The lowest BCUT2D eigenvalue weighted by molar-refractivity contribution is -0.133. The van der Waals surface area contributed by atoms with Gasteiger partial charge in [0.2, 0.25) is 0 Å². The van der Waals surface area contributed by atoms with Crippen LogP contribution in [0.1, 0.15) is 13.0 Å². The van der Waals surface area contributed by atoms with Crippen molar-refractivity contribution in [2.24, 2.45) is 0 Å². The van der Waals surface area contributed by atoms with Crippen molar-refractivity contribution in [3.8, 4) is 0 Å². The summed E-state index contributed by atoms with van der Waals surface area (Å²) >= 11 is 1.15. The first-order chi connectivity index (χ1) is 9.88. The standard InChI is InChI=1S/C14H18FN3O2S/c1-9(7-17(2)3)18-12-6-10(15)4-5-11(12)16-14(18)21-8-13(19)20/h4-6,9H,7-8H2,1-3H3,(H,19,20). The first-order valence-corrected chi connectivity index (χ1v) is 7.54. The maximum atomic E-state index is 13.5. The van der Waals surface area contributed by atoms with Crippen LogP contribution in [0.3, 0.4) is 0 Å². The number of carboxylic acid groups (broad SMARTS) is 1.